The van der Waals surface area contributed by atoms with Gasteiger partial charge in [0.2, 0.25) is 0 Å². The molecule has 2 nitrogen and oxygen atoms in total. The van der Waals surface area contributed by atoms with Crippen molar-refractivity contribution in [3.05, 3.63) is 11.6 Å². The average Bonchev–Trinajstić information content (AvgIpc) is 2.82. The number of carbonyl (C=O) groups is 2. The number of rotatable bonds is 1. The third-order valence-electron chi connectivity index (χ3n) is 8.48. The molecule has 3 fully saturated rings. The molecule has 2 heteroatoms. The Labute approximate surface area is 140 Å². The Balaban J connectivity index is 1.64. The molecule has 0 radical (unpaired) electrons. The van der Waals surface area contributed by atoms with Crippen LogP contribution in [0.5, 0.6) is 0 Å². The van der Waals surface area contributed by atoms with Gasteiger partial charge in [0, 0.05) is 11.8 Å². The largest absolute Gasteiger partial charge is 0.299 e. The lowest BCUT2D eigenvalue weighted by molar-refractivity contribution is -0.136. The second-order valence-electron chi connectivity index (χ2n) is 9.27. The average molecular weight is 314 g/mol. The maximum atomic E-state index is 12.4. The number of carbonyl (C=O) groups excluding carboxylic acids is 2. The molecule has 126 valence electrons. The topological polar surface area (TPSA) is 34.1 Å². The second-order valence-corrected chi connectivity index (χ2v) is 9.27. The summed E-state index contributed by atoms with van der Waals surface area (Å²) in [6, 6.07) is 0. The van der Waals surface area contributed by atoms with E-state index in [1.165, 1.54) is 19.3 Å². The van der Waals surface area contributed by atoms with Crippen LogP contribution < -0.4 is 0 Å². The second kappa shape index (κ2) is 5.04. The zero-order valence-electron chi connectivity index (χ0n) is 14.9. The Morgan fingerprint density at radius 3 is 2.65 bits per heavy atom. The van der Waals surface area contributed by atoms with E-state index in [1.807, 2.05) is 0 Å². The fraction of sp³-hybridized carbons (Fsp3) is 0.810. The van der Waals surface area contributed by atoms with E-state index >= 15 is 0 Å². The number of hydrogen-bond acceptors (Lipinski definition) is 2. The van der Waals surface area contributed by atoms with Crippen LogP contribution in [-0.4, -0.2) is 11.6 Å². The highest BCUT2D eigenvalue weighted by Gasteiger charge is 2.59. The smallest absolute Gasteiger partial charge is 0.155 e. The monoisotopic (exact) mass is 314 g/mol. The molecule has 0 aromatic rings. The molecule has 0 amide bonds. The first kappa shape index (κ1) is 15.6. The molecule has 0 saturated heterocycles. The molecule has 0 spiro atoms. The fourth-order valence-corrected chi connectivity index (χ4v) is 6.94. The van der Waals surface area contributed by atoms with Gasteiger partial charge >= 0.3 is 0 Å². The summed E-state index contributed by atoms with van der Waals surface area (Å²) in [5, 5.41) is 0. The van der Waals surface area contributed by atoms with Crippen molar-refractivity contribution in [2.75, 3.05) is 0 Å². The molecule has 0 aliphatic heterocycles. The molecule has 4 aliphatic carbocycles. The van der Waals surface area contributed by atoms with Gasteiger partial charge < -0.3 is 0 Å². The lowest BCUT2D eigenvalue weighted by Crippen LogP contribution is -2.52. The van der Waals surface area contributed by atoms with Gasteiger partial charge in [-0.3, -0.25) is 9.59 Å². The van der Waals surface area contributed by atoms with Crippen molar-refractivity contribution in [1.82, 2.24) is 0 Å². The van der Waals surface area contributed by atoms with Crippen LogP contribution in [-0.2, 0) is 9.59 Å². The highest BCUT2D eigenvalue weighted by molar-refractivity contribution is 5.93. The maximum Gasteiger partial charge on any atom is 0.155 e. The van der Waals surface area contributed by atoms with Crippen molar-refractivity contribution in [2.24, 2.45) is 34.5 Å². The normalized spacial score (nSPS) is 49.0. The SMILES string of the molecule is CC(=O)C1=CC[C@@]2(C)[C@@H](CC[C@H]3[C@H]4CCC(=O)[C@@]4(C)CC[C@@H]32)C1. The molecule has 0 heterocycles. The molecular formula is C21H30O2. The molecule has 0 bridgehead atoms. The van der Waals surface area contributed by atoms with Gasteiger partial charge in [-0.05, 0) is 86.5 Å². The fourth-order valence-electron chi connectivity index (χ4n) is 6.94. The number of ketones is 2. The van der Waals surface area contributed by atoms with Gasteiger partial charge in [0.15, 0.2) is 5.78 Å². The predicted octanol–water partition coefficient (Wildman–Crippen LogP) is 4.72. The first-order chi connectivity index (χ1) is 10.9. The van der Waals surface area contributed by atoms with Crippen molar-refractivity contribution >= 4 is 11.6 Å². The molecule has 4 rings (SSSR count). The molecular weight excluding hydrogens is 284 g/mol. The van der Waals surface area contributed by atoms with Gasteiger partial charge in [-0.2, -0.15) is 0 Å². The maximum absolute atomic E-state index is 12.4. The quantitative estimate of drug-likeness (QED) is 0.701. The van der Waals surface area contributed by atoms with Crippen LogP contribution in [0.3, 0.4) is 0 Å². The van der Waals surface area contributed by atoms with Crippen molar-refractivity contribution < 1.29 is 9.59 Å². The lowest BCUT2D eigenvalue weighted by Gasteiger charge is -2.59. The lowest BCUT2D eigenvalue weighted by atomic mass is 9.45. The molecule has 4 aliphatic rings. The van der Waals surface area contributed by atoms with Crippen LogP contribution in [0, 0.1) is 34.5 Å². The number of allylic oxidation sites excluding steroid dienone is 2. The van der Waals surface area contributed by atoms with Crippen LogP contribution in [0.25, 0.3) is 0 Å². The minimum atomic E-state index is -0.0145. The summed E-state index contributed by atoms with van der Waals surface area (Å²) in [5.74, 6) is 3.62. The number of hydrogen-bond donors (Lipinski definition) is 0. The van der Waals surface area contributed by atoms with Crippen molar-refractivity contribution in [3.63, 3.8) is 0 Å². The Kier molecular flexibility index (Phi) is 3.42. The molecule has 0 aromatic carbocycles. The standard InChI is InChI=1S/C21H30O2/c1-13(22)14-8-10-20(2)15(12-14)4-5-16-17-6-7-19(23)21(17,3)11-9-18(16)20/h8,15-18H,4-7,9-12H2,1-3H3/t15-,16-,17+,18-,20-,21-/m0/s1. The molecule has 3 saturated carbocycles. The van der Waals surface area contributed by atoms with Crippen molar-refractivity contribution in [1.29, 1.82) is 0 Å². The van der Waals surface area contributed by atoms with E-state index in [0.717, 1.165) is 49.5 Å². The van der Waals surface area contributed by atoms with E-state index in [0.29, 0.717) is 23.0 Å². The van der Waals surface area contributed by atoms with E-state index in [4.69, 9.17) is 0 Å². The Morgan fingerprint density at radius 1 is 1.13 bits per heavy atom. The van der Waals surface area contributed by atoms with Crippen LogP contribution in [0.4, 0.5) is 0 Å². The molecule has 6 atom stereocenters. The Bertz CT molecular complexity index is 589. The third-order valence-corrected chi connectivity index (χ3v) is 8.48. The first-order valence-electron chi connectivity index (χ1n) is 9.59. The first-order valence-corrected chi connectivity index (χ1v) is 9.59. The summed E-state index contributed by atoms with van der Waals surface area (Å²) in [6.45, 7) is 6.46. The summed E-state index contributed by atoms with van der Waals surface area (Å²) >= 11 is 0. The van der Waals surface area contributed by atoms with E-state index < -0.39 is 0 Å². The van der Waals surface area contributed by atoms with Crippen molar-refractivity contribution in [2.45, 2.75) is 72.1 Å². The van der Waals surface area contributed by atoms with Gasteiger partial charge in [-0.25, -0.2) is 0 Å². The molecule has 0 unspecified atom stereocenters. The summed E-state index contributed by atoms with van der Waals surface area (Å²) in [4.78, 5) is 24.2. The van der Waals surface area contributed by atoms with Gasteiger partial charge in [0.25, 0.3) is 0 Å². The van der Waals surface area contributed by atoms with Gasteiger partial charge in [0.1, 0.15) is 5.78 Å². The third kappa shape index (κ3) is 2.06. The molecule has 0 N–H and O–H groups in total. The van der Waals surface area contributed by atoms with Gasteiger partial charge in [0.05, 0.1) is 0 Å². The van der Waals surface area contributed by atoms with E-state index in [-0.39, 0.29) is 11.2 Å². The van der Waals surface area contributed by atoms with Crippen LogP contribution in [0.2, 0.25) is 0 Å². The summed E-state index contributed by atoms with van der Waals surface area (Å²) in [6.07, 6.45) is 11.1. The Morgan fingerprint density at radius 2 is 1.91 bits per heavy atom. The highest BCUT2D eigenvalue weighted by Crippen LogP contribution is 2.65. The number of fused-ring (bicyclic) bond motifs is 5. The van der Waals surface area contributed by atoms with E-state index in [1.54, 1.807) is 6.92 Å². The summed E-state index contributed by atoms with van der Waals surface area (Å²) < 4.78 is 0. The highest BCUT2D eigenvalue weighted by atomic mass is 16.1. The minimum absolute atomic E-state index is 0.0145. The van der Waals surface area contributed by atoms with Gasteiger partial charge in [-0.15, -0.1) is 0 Å². The van der Waals surface area contributed by atoms with Crippen LogP contribution in [0.1, 0.15) is 72.1 Å². The minimum Gasteiger partial charge on any atom is -0.299 e. The van der Waals surface area contributed by atoms with Gasteiger partial charge in [-0.1, -0.05) is 19.9 Å². The van der Waals surface area contributed by atoms with E-state index in [2.05, 4.69) is 19.9 Å². The Hall–Kier alpha value is -0.920. The zero-order valence-corrected chi connectivity index (χ0v) is 14.9. The van der Waals surface area contributed by atoms with Crippen LogP contribution in [0.15, 0.2) is 11.6 Å². The van der Waals surface area contributed by atoms with E-state index in [9.17, 15) is 9.59 Å². The molecule has 0 aromatic heterocycles. The summed E-state index contributed by atoms with van der Waals surface area (Å²) in [5.41, 5.74) is 1.41. The zero-order chi connectivity index (χ0) is 16.4. The molecule has 23 heavy (non-hydrogen) atoms. The number of Topliss-reactive ketones (excluding diaryl/α,β-unsaturated/α-hetero) is 2. The predicted molar refractivity (Wildman–Crippen MR) is 90.9 cm³/mol. The van der Waals surface area contributed by atoms with Crippen molar-refractivity contribution in [3.8, 4) is 0 Å². The summed E-state index contributed by atoms with van der Waals surface area (Å²) in [7, 11) is 0. The van der Waals surface area contributed by atoms with Crippen LogP contribution >= 0.6 is 0 Å².